The van der Waals surface area contributed by atoms with Crippen molar-refractivity contribution >= 4 is 18.0 Å². The molecule has 0 aromatic carbocycles. The predicted octanol–water partition coefficient (Wildman–Crippen LogP) is 2.79. The summed E-state index contributed by atoms with van der Waals surface area (Å²) in [6, 6.07) is 1.51. The maximum absolute atomic E-state index is 13.0. The fourth-order valence-corrected chi connectivity index (χ4v) is 2.87. The largest absolute Gasteiger partial charge is 0.465 e. The zero-order valence-electron chi connectivity index (χ0n) is 15.0. The Kier molecular flexibility index (Phi) is 6.35. The monoisotopic (exact) mass is 338 g/mol. The molecule has 2 atom stereocenters. The van der Waals surface area contributed by atoms with E-state index in [2.05, 4.69) is 0 Å². The molecule has 0 N–H and O–H groups in total. The number of likely N-dealkylation sites (tertiary alicyclic amines) is 1. The molecule has 0 aliphatic carbocycles. The van der Waals surface area contributed by atoms with Crippen LogP contribution in [0.3, 0.4) is 0 Å². The van der Waals surface area contributed by atoms with Crippen molar-refractivity contribution in [1.82, 2.24) is 4.90 Å². The summed E-state index contributed by atoms with van der Waals surface area (Å²) in [4.78, 5) is 38.9. The summed E-state index contributed by atoms with van der Waals surface area (Å²) in [5.41, 5.74) is -2.24. The zero-order chi connectivity index (χ0) is 18.5. The third kappa shape index (κ3) is 4.05. The second kappa shape index (κ2) is 7.65. The van der Waals surface area contributed by atoms with Crippen LogP contribution < -0.4 is 0 Å². The molecule has 0 radical (unpaired) electrons. The van der Waals surface area contributed by atoms with Crippen LogP contribution in [-0.4, -0.2) is 41.1 Å². The van der Waals surface area contributed by atoms with E-state index in [1.807, 2.05) is 13.0 Å². The highest BCUT2D eigenvalue weighted by molar-refractivity contribution is 6.09. The molecule has 0 saturated carbocycles. The second-order valence-corrected chi connectivity index (χ2v) is 6.88. The third-order valence-corrected chi connectivity index (χ3v) is 3.97. The average molecular weight is 338 g/mol. The quantitative estimate of drug-likeness (QED) is 0.565. The number of amides is 2. The molecule has 0 unspecified atom stereocenters. The van der Waals surface area contributed by atoms with Gasteiger partial charge in [0, 0.05) is 12.5 Å². The van der Waals surface area contributed by atoms with Crippen LogP contribution >= 0.6 is 0 Å². The smallest absolute Gasteiger partial charge is 0.417 e. The van der Waals surface area contributed by atoms with Crippen LogP contribution in [0.5, 0.6) is 0 Å². The molecule has 1 aliphatic rings. The van der Waals surface area contributed by atoms with Crippen LogP contribution in [0.2, 0.25) is 0 Å². The maximum atomic E-state index is 13.0. The number of hydrogen-bond acceptors (Lipinski definition) is 6. The van der Waals surface area contributed by atoms with E-state index in [0.29, 0.717) is 6.42 Å². The van der Waals surface area contributed by atoms with E-state index in [1.54, 1.807) is 27.7 Å². The molecule has 24 heavy (non-hydrogen) atoms. The summed E-state index contributed by atoms with van der Waals surface area (Å²) in [5.74, 6) is -1.30. The Morgan fingerprint density at radius 3 is 2.46 bits per heavy atom. The minimum Gasteiger partial charge on any atom is -0.465 e. The Balaban J connectivity index is 3.20. The summed E-state index contributed by atoms with van der Waals surface area (Å²) in [5, 5.41) is 8.87. The van der Waals surface area contributed by atoms with Gasteiger partial charge in [-0.05, 0) is 47.0 Å². The van der Waals surface area contributed by atoms with Gasteiger partial charge < -0.3 is 9.47 Å². The Bertz CT molecular complexity index is 546. The highest BCUT2D eigenvalue weighted by Gasteiger charge is 2.59. The number of hydrogen-bond donors (Lipinski definition) is 0. The number of rotatable bonds is 5. The fourth-order valence-electron chi connectivity index (χ4n) is 2.87. The number of nitriles is 1. The molecule has 0 aromatic rings. The summed E-state index contributed by atoms with van der Waals surface area (Å²) in [6.07, 6.45) is -0.0385. The number of esters is 1. The lowest BCUT2D eigenvalue weighted by Crippen LogP contribution is -2.46. The lowest BCUT2D eigenvalue weighted by molar-refractivity contribution is -0.161. The van der Waals surface area contributed by atoms with Crippen LogP contribution in [0.1, 0.15) is 60.3 Å². The van der Waals surface area contributed by atoms with E-state index in [1.165, 1.54) is 0 Å². The van der Waals surface area contributed by atoms with Gasteiger partial charge in [0.1, 0.15) is 11.0 Å². The van der Waals surface area contributed by atoms with E-state index >= 15 is 0 Å². The minimum absolute atomic E-state index is 0.0309. The zero-order valence-corrected chi connectivity index (χ0v) is 15.0. The first-order valence-electron chi connectivity index (χ1n) is 8.23. The van der Waals surface area contributed by atoms with Crippen molar-refractivity contribution in [2.45, 2.75) is 71.9 Å². The first-order valence-corrected chi connectivity index (χ1v) is 8.23. The first-order chi connectivity index (χ1) is 11.1. The van der Waals surface area contributed by atoms with Crippen molar-refractivity contribution < 1.29 is 23.9 Å². The van der Waals surface area contributed by atoms with Crippen LogP contribution in [-0.2, 0) is 19.1 Å². The molecule has 134 valence electrons. The Labute approximate surface area is 142 Å². The van der Waals surface area contributed by atoms with Gasteiger partial charge in [-0.1, -0.05) is 6.92 Å². The molecule has 0 aromatic heterocycles. The number of carbonyl (C=O) groups excluding carboxylic acids is 3. The van der Waals surface area contributed by atoms with E-state index in [9.17, 15) is 14.4 Å². The molecule has 7 heteroatoms. The lowest BCUT2D eigenvalue weighted by Gasteiger charge is -2.27. The molecule has 2 amide bonds. The van der Waals surface area contributed by atoms with Gasteiger partial charge in [-0.3, -0.25) is 9.59 Å². The molecule has 1 aliphatic heterocycles. The van der Waals surface area contributed by atoms with Gasteiger partial charge in [-0.15, -0.1) is 0 Å². The van der Waals surface area contributed by atoms with Gasteiger partial charge in [0.2, 0.25) is 5.91 Å². The molecular weight excluding hydrogens is 312 g/mol. The normalized spacial score (nSPS) is 23.8. The molecule has 1 saturated heterocycles. The van der Waals surface area contributed by atoms with E-state index in [-0.39, 0.29) is 25.9 Å². The van der Waals surface area contributed by atoms with Gasteiger partial charge in [-0.2, -0.15) is 5.26 Å². The summed E-state index contributed by atoms with van der Waals surface area (Å²) < 4.78 is 10.4. The van der Waals surface area contributed by atoms with E-state index < -0.39 is 35.0 Å². The molecular formula is C17H26N2O5. The van der Waals surface area contributed by atoms with Crippen LogP contribution in [0.15, 0.2) is 0 Å². The van der Waals surface area contributed by atoms with E-state index in [4.69, 9.17) is 14.7 Å². The number of imide groups is 1. The van der Waals surface area contributed by atoms with Gasteiger partial charge in [-0.25, -0.2) is 9.69 Å². The first kappa shape index (κ1) is 19.9. The van der Waals surface area contributed by atoms with Crippen LogP contribution in [0.4, 0.5) is 4.79 Å². The van der Waals surface area contributed by atoms with Crippen molar-refractivity contribution in [3.05, 3.63) is 0 Å². The van der Waals surface area contributed by atoms with Crippen molar-refractivity contribution in [2.75, 3.05) is 6.61 Å². The highest BCUT2D eigenvalue weighted by atomic mass is 16.6. The molecule has 0 spiro atoms. The topological polar surface area (TPSA) is 96.7 Å². The summed E-state index contributed by atoms with van der Waals surface area (Å²) in [7, 11) is 0. The molecule has 1 rings (SSSR count). The second-order valence-electron chi connectivity index (χ2n) is 6.88. The maximum Gasteiger partial charge on any atom is 0.417 e. The molecule has 7 nitrogen and oxygen atoms in total. The Morgan fingerprint density at radius 1 is 1.38 bits per heavy atom. The fraction of sp³-hybridized carbons (Fsp3) is 0.765. The van der Waals surface area contributed by atoms with Gasteiger partial charge in [0.25, 0.3) is 0 Å². The van der Waals surface area contributed by atoms with Gasteiger partial charge in [0.15, 0.2) is 0 Å². The standard InChI is InChI=1S/C17H26N2O5/c1-6-12-11-17(9-8-10-18,14(21)23-7-2)13(20)19(12)15(22)24-16(3,4)5/h12H,6-9,11H2,1-5H3/t12-,17-/m1/s1. The summed E-state index contributed by atoms with van der Waals surface area (Å²) >= 11 is 0. The van der Waals surface area contributed by atoms with Gasteiger partial charge in [0.05, 0.1) is 12.7 Å². The third-order valence-electron chi connectivity index (χ3n) is 3.97. The number of ether oxygens (including phenoxy) is 2. The predicted molar refractivity (Wildman–Crippen MR) is 85.7 cm³/mol. The Morgan fingerprint density at radius 2 is 2.00 bits per heavy atom. The number of carbonyl (C=O) groups is 3. The minimum atomic E-state index is -1.48. The summed E-state index contributed by atoms with van der Waals surface area (Å²) in [6.45, 7) is 8.74. The molecule has 1 heterocycles. The van der Waals surface area contributed by atoms with Crippen LogP contribution in [0, 0.1) is 16.7 Å². The van der Waals surface area contributed by atoms with Gasteiger partial charge >= 0.3 is 12.1 Å². The molecule has 0 bridgehead atoms. The van der Waals surface area contributed by atoms with Crippen molar-refractivity contribution in [2.24, 2.45) is 5.41 Å². The number of nitrogens with zero attached hydrogens (tertiary/aromatic N) is 2. The molecule has 1 fully saturated rings. The average Bonchev–Trinajstić information content (AvgIpc) is 2.77. The highest BCUT2D eigenvalue weighted by Crippen LogP contribution is 2.43. The van der Waals surface area contributed by atoms with Crippen LogP contribution in [0.25, 0.3) is 0 Å². The Hall–Kier alpha value is -2.10. The lowest BCUT2D eigenvalue weighted by atomic mass is 9.80. The van der Waals surface area contributed by atoms with E-state index in [0.717, 1.165) is 4.90 Å². The van der Waals surface area contributed by atoms with Crippen molar-refractivity contribution in [1.29, 1.82) is 5.26 Å². The SMILES string of the molecule is CCOC(=O)[C@]1(CCC#N)C[C@@H](CC)N(C(=O)OC(C)(C)C)C1=O. The van der Waals surface area contributed by atoms with Crippen molar-refractivity contribution in [3.8, 4) is 6.07 Å². The van der Waals surface area contributed by atoms with Crippen molar-refractivity contribution in [3.63, 3.8) is 0 Å².